The second kappa shape index (κ2) is 6.44. The Hall–Kier alpha value is -1.30. The molecule has 0 aromatic heterocycles. The number of nitrogens with zero attached hydrogens (tertiary/aromatic N) is 1. The van der Waals surface area contributed by atoms with Crippen molar-refractivity contribution in [2.75, 3.05) is 0 Å². The van der Waals surface area contributed by atoms with Crippen LogP contribution in [0.2, 0.25) is 5.02 Å². The van der Waals surface area contributed by atoms with Gasteiger partial charge in [-0.25, -0.2) is 0 Å². The molecular weight excluding hydrogens is 386 g/mol. The largest absolute Gasteiger partial charge is 0.480 e. The molecule has 0 bridgehead atoms. The van der Waals surface area contributed by atoms with Crippen molar-refractivity contribution in [1.29, 1.82) is 0 Å². The fourth-order valence-electron chi connectivity index (χ4n) is 2.20. The van der Waals surface area contributed by atoms with E-state index >= 15 is 0 Å². The third-order valence-corrected chi connectivity index (χ3v) is 5.26. The molecule has 3 nitrogen and oxygen atoms in total. The minimum absolute atomic E-state index is 0.369. The molecule has 0 spiro atoms. The van der Waals surface area contributed by atoms with Crippen molar-refractivity contribution in [2.45, 2.75) is 16.6 Å². The van der Waals surface area contributed by atoms with Crippen molar-refractivity contribution < 1.29 is 9.90 Å². The van der Waals surface area contributed by atoms with Gasteiger partial charge in [-0.15, -0.1) is 11.8 Å². The summed E-state index contributed by atoms with van der Waals surface area (Å²) >= 11 is 10.7. The van der Waals surface area contributed by atoms with E-state index in [0.29, 0.717) is 11.4 Å². The number of aliphatic carboxylic acids is 1. The maximum Gasteiger partial charge on any atom is 0.317 e. The Balaban J connectivity index is 2.09. The Bertz CT molecular complexity index is 761. The maximum absolute atomic E-state index is 11.5. The summed E-state index contributed by atoms with van der Waals surface area (Å²) < 4.78 is 0.910. The van der Waals surface area contributed by atoms with Crippen LogP contribution >= 0.6 is 39.3 Å². The minimum Gasteiger partial charge on any atom is -0.480 e. The highest BCUT2D eigenvalue weighted by Crippen LogP contribution is 2.39. The number of carbonyl (C=O) groups is 1. The van der Waals surface area contributed by atoms with Crippen molar-refractivity contribution in [1.82, 2.24) is 0 Å². The number of hydrogen-bond donors (Lipinski definition) is 1. The second-order valence-electron chi connectivity index (χ2n) is 4.83. The van der Waals surface area contributed by atoms with E-state index in [0.717, 1.165) is 26.3 Å². The maximum atomic E-state index is 11.5. The van der Waals surface area contributed by atoms with Crippen LogP contribution in [0, 0.1) is 0 Å². The molecule has 0 saturated heterocycles. The number of benzene rings is 2. The molecule has 2 aromatic carbocycles. The van der Waals surface area contributed by atoms with Crippen molar-refractivity contribution in [3.8, 4) is 0 Å². The highest BCUT2D eigenvalue weighted by Gasteiger charge is 2.26. The standard InChI is InChI=1S/C16H11BrClNO2S/c17-10-3-6-12-14(7-10)22-15(16(20)21)8-13(19-12)9-1-4-11(18)5-2-9/h1-7,15H,8H2,(H,20,21)/t15-/m0/s1. The van der Waals surface area contributed by atoms with Gasteiger partial charge >= 0.3 is 5.97 Å². The Morgan fingerprint density at radius 1 is 1.27 bits per heavy atom. The highest BCUT2D eigenvalue weighted by molar-refractivity contribution is 9.10. The van der Waals surface area contributed by atoms with E-state index in [1.165, 1.54) is 11.8 Å². The van der Waals surface area contributed by atoms with Crippen molar-refractivity contribution >= 4 is 56.7 Å². The minimum atomic E-state index is -0.834. The molecular formula is C16H11BrClNO2S. The van der Waals surface area contributed by atoms with Crippen molar-refractivity contribution in [3.05, 3.63) is 57.5 Å². The molecule has 2 aromatic rings. The van der Waals surface area contributed by atoms with Crippen LogP contribution in [0.25, 0.3) is 0 Å². The highest BCUT2D eigenvalue weighted by atomic mass is 79.9. The van der Waals surface area contributed by atoms with E-state index in [9.17, 15) is 9.90 Å². The average molecular weight is 397 g/mol. The van der Waals surface area contributed by atoms with Gasteiger partial charge in [0.05, 0.1) is 11.4 Å². The van der Waals surface area contributed by atoms with Crippen LogP contribution in [0.4, 0.5) is 5.69 Å². The third-order valence-electron chi connectivity index (χ3n) is 3.28. The van der Waals surface area contributed by atoms with Gasteiger partial charge in [0, 0.05) is 20.8 Å². The van der Waals surface area contributed by atoms with Gasteiger partial charge in [-0.1, -0.05) is 39.7 Å². The summed E-state index contributed by atoms with van der Waals surface area (Å²) in [5.74, 6) is -0.834. The number of halogens is 2. The molecule has 1 N–H and O–H groups in total. The lowest BCUT2D eigenvalue weighted by Gasteiger charge is -2.10. The molecule has 0 radical (unpaired) electrons. The average Bonchev–Trinajstić information content (AvgIpc) is 2.67. The van der Waals surface area contributed by atoms with Crippen LogP contribution in [0.3, 0.4) is 0 Å². The fraction of sp³-hybridized carbons (Fsp3) is 0.125. The van der Waals surface area contributed by atoms with Gasteiger partial charge in [0.25, 0.3) is 0 Å². The number of fused-ring (bicyclic) bond motifs is 1. The van der Waals surface area contributed by atoms with Gasteiger partial charge in [-0.05, 0) is 35.9 Å². The molecule has 0 fully saturated rings. The van der Waals surface area contributed by atoms with Crippen LogP contribution in [-0.4, -0.2) is 22.0 Å². The summed E-state index contributed by atoms with van der Waals surface area (Å²) in [6, 6.07) is 13.0. The molecule has 1 heterocycles. The molecule has 3 rings (SSSR count). The Morgan fingerprint density at radius 2 is 2.00 bits per heavy atom. The number of carboxylic acids is 1. The molecule has 0 unspecified atom stereocenters. The summed E-state index contributed by atoms with van der Waals surface area (Å²) in [6.45, 7) is 0. The second-order valence-corrected chi connectivity index (χ2v) is 7.42. The van der Waals surface area contributed by atoms with Crippen molar-refractivity contribution in [2.24, 2.45) is 4.99 Å². The first-order chi connectivity index (χ1) is 10.5. The molecule has 22 heavy (non-hydrogen) atoms. The lowest BCUT2D eigenvalue weighted by molar-refractivity contribution is -0.136. The quantitative estimate of drug-likeness (QED) is 0.761. The van der Waals surface area contributed by atoms with E-state index in [-0.39, 0.29) is 0 Å². The molecule has 0 saturated carbocycles. The van der Waals surface area contributed by atoms with Gasteiger partial charge < -0.3 is 5.11 Å². The summed E-state index contributed by atoms with van der Waals surface area (Å²) in [4.78, 5) is 17.1. The summed E-state index contributed by atoms with van der Waals surface area (Å²) in [6.07, 6.45) is 0.369. The smallest absolute Gasteiger partial charge is 0.317 e. The topological polar surface area (TPSA) is 49.7 Å². The Labute approximate surface area is 145 Å². The summed E-state index contributed by atoms with van der Waals surface area (Å²) in [5, 5.41) is 9.54. The molecule has 112 valence electrons. The first-order valence-corrected chi connectivity index (χ1v) is 8.60. The molecule has 6 heteroatoms. The van der Waals surface area contributed by atoms with Gasteiger partial charge in [-0.2, -0.15) is 0 Å². The summed E-state index contributed by atoms with van der Waals surface area (Å²) in [5.41, 5.74) is 2.45. The zero-order valence-electron chi connectivity index (χ0n) is 11.3. The van der Waals surface area contributed by atoms with E-state index in [1.54, 1.807) is 12.1 Å². The first-order valence-electron chi connectivity index (χ1n) is 6.55. The number of rotatable bonds is 2. The SMILES string of the molecule is O=C(O)[C@@H]1CC(c2ccc(Cl)cc2)=Nc2ccc(Br)cc2S1. The zero-order valence-corrected chi connectivity index (χ0v) is 14.5. The predicted octanol–water partition coefficient (Wildman–Crippen LogP) is 5.17. The van der Waals surface area contributed by atoms with Crippen LogP contribution < -0.4 is 0 Å². The number of carboxylic acid groups (broad SMARTS) is 1. The van der Waals surface area contributed by atoms with Crippen LogP contribution in [0.15, 0.2) is 56.8 Å². The molecule has 0 amide bonds. The third kappa shape index (κ3) is 3.37. The number of hydrogen-bond acceptors (Lipinski definition) is 3. The zero-order chi connectivity index (χ0) is 15.7. The van der Waals surface area contributed by atoms with Gasteiger partial charge in [0.15, 0.2) is 0 Å². The monoisotopic (exact) mass is 395 g/mol. The fourth-order valence-corrected chi connectivity index (χ4v) is 3.92. The van der Waals surface area contributed by atoms with E-state index in [1.807, 2.05) is 30.3 Å². The molecule has 1 aliphatic rings. The molecule has 1 aliphatic heterocycles. The van der Waals surface area contributed by atoms with E-state index < -0.39 is 11.2 Å². The first kappa shape index (κ1) is 15.6. The van der Waals surface area contributed by atoms with Crippen LogP contribution in [0.5, 0.6) is 0 Å². The number of thioether (sulfide) groups is 1. The van der Waals surface area contributed by atoms with Gasteiger partial charge in [0.1, 0.15) is 5.25 Å². The lowest BCUT2D eigenvalue weighted by Crippen LogP contribution is -2.20. The Morgan fingerprint density at radius 3 is 2.68 bits per heavy atom. The molecule has 0 aliphatic carbocycles. The van der Waals surface area contributed by atoms with Gasteiger partial charge in [0.2, 0.25) is 0 Å². The lowest BCUT2D eigenvalue weighted by atomic mass is 10.1. The van der Waals surface area contributed by atoms with Crippen molar-refractivity contribution in [3.63, 3.8) is 0 Å². The van der Waals surface area contributed by atoms with E-state index in [4.69, 9.17) is 11.6 Å². The predicted molar refractivity (Wildman–Crippen MR) is 93.7 cm³/mol. The van der Waals surface area contributed by atoms with E-state index in [2.05, 4.69) is 20.9 Å². The number of aliphatic imine (C=N–C) groups is 1. The molecule has 1 atom stereocenters. The van der Waals surface area contributed by atoms with Crippen LogP contribution in [-0.2, 0) is 4.79 Å². The van der Waals surface area contributed by atoms with Crippen LogP contribution in [0.1, 0.15) is 12.0 Å². The normalized spacial score (nSPS) is 17.4. The van der Waals surface area contributed by atoms with Gasteiger partial charge in [-0.3, -0.25) is 9.79 Å². The Kier molecular flexibility index (Phi) is 4.57. The summed E-state index contributed by atoms with van der Waals surface area (Å²) in [7, 11) is 0.